The SMILES string of the molecule is COc1ncc(-c2ccc3ncc(F)c(N4CCN(C(=O)C=CC(C)=O)CC4)c3c2)cc1NS(=O)(=O)c1c(F)cccc1F. The molecule has 2 aromatic heterocycles. The molecule has 3 heterocycles. The summed E-state index contributed by atoms with van der Waals surface area (Å²) in [6.45, 7) is 2.60. The molecule has 0 bridgehead atoms. The van der Waals surface area contributed by atoms with Crippen LogP contribution in [0, 0.1) is 17.5 Å². The number of pyridine rings is 2. The van der Waals surface area contributed by atoms with Crippen molar-refractivity contribution < 1.29 is 35.9 Å². The number of hydrogen-bond donors (Lipinski definition) is 1. The van der Waals surface area contributed by atoms with Crippen molar-refractivity contribution in [1.29, 1.82) is 0 Å². The first kappa shape index (κ1) is 30.5. The van der Waals surface area contributed by atoms with Gasteiger partial charge in [0.1, 0.15) is 17.3 Å². The molecule has 1 aliphatic rings. The highest BCUT2D eigenvalue weighted by Gasteiger charge is 2.27. The van der Waals surface area contributed by atoms with E-state index in [-0.39, 0.29) is 28.9 Å². The van der Waals surface area contributed by atoms with Gasteiger partial charge in [-0.2, -0.15) is 0 Å². The highest BCUT2D eigenvalue weighted by Crippen LogP contribution is 2.35. The van der Waals surface area contributed by atoms with Crippen LogP contribution in [0.15, 0.2) is 71.9 Å². The molecule has 0 unspecified atom stereocenters. The molecule has 44 heavy (non-hydrogen) atoms. The predicted octanol–water partition coefficient (Wildman–Crippen LogP) is 4.32. The van der Waals surface area contributed by atoms with E-state index in [1.54, 1.807) is 28.0 Å². The number of ketones is 1. The number of nitrogens with zero attached hydrogens (tertiary/aromatic N) is 4. The first-order valence-corrected chi connectivity index (χ1v) is 14.8. The molecule has 1 aliphatic heterocycles. The number of methoxy groups -OCH3 is 1. The molecule has 0 saturated carbocycles. The highest BCUT2D eigenvalue weighted by atomic mass is 32.2. The molecule has 2 aromatic carbocycles. The Morgan fingerprint density at radius 2 is 1.61 bits per heavy atom. The number of benzene rings is 2. The van der Waals surface area contributed by atoms with Crippen LogP contribution in [0.3, 0.4) is 0 Å². The number of halogens is 3. The van der Waals surface area contributed by atoms with E-state index in [1.807, 2.05) is 0 Å². The summed E-state index contributed by atoms with van der Waals surface area (Å²) >= 11 is 0. The minimum Gasteiger partial charge on any atom is -0.480 e. The van der Waals surface area contributed by atoms with Crippen LogP contribution < -0.4 is 14.4 Å². The molecule has 0 atom stereocenters. The molecule has 0 spiro atoms. The summed E-state index contributed by atoms with van der Waals surface area (Å²) in [6, 6.07) is 9.11. The third-order valence-electron chi connectivity index (χ3n) is 6.97. The van der Waals surface area contributed by atoms with Crippen LogP contribution in [0.4, 0.5) is 24.5 Å². The van der Waals surface area contributed by atoms with Gasteiger partial charge in [0.05, 0.1) is 24.5 Å². The lowest BCUT2D eigenvalue weighted by Gasteiger charge is -2.36. The summed E-state index contributed by atoms with van der Waals surface area (Å²) in [5, 5.41) is 0.463. The highest BCUT2D eigenvalue weighted by molar-refractivity contribution is 7.92. The van der Waals surface area contributed by atoms with Crippen molar-refractivity contribution in [2.75, 3.05) is 42.9 Å². The van der Waals surface area contributed by atoms with E-state index in [1.165, 1.54) is 38.4 Å². The largest absolute Gasteiger partial charge is 0.480 e. The second-order valence-corrected chi connectivity index (χ2v) is 11.5. The summed E-state index contributed by atoms with van der Waals surface area (Å²) in [7, 11) is -3.46. The van der Waals surface area contributed by atoms with Crippen molar-refractivity contribution in [1.82, 2.24) is 14.9 Å². The van der Waals surface area contributed by atoms with Crippen molar-refractivity contribution in [3.05, 3.63) is 84.5 Å². The molecule has 1 saturated heterocycles. The second-order valence-electron chi connectivity index (χ2n) is 9.88. The number of aromatic nitrogens is 2. The number of amides is 1. The molecular formula is C30H26F3N5O5S. The van der Waals surface area contributed by atoms with Gasteiger partial charge >= 0.3 is 0 Å². The summed E-state index contributed by atoms with van der Waals surface area (Å²) in [5.74, 6) is -3.80. The fourth-order valence-corrected chi connectivity index (χ4v) is 6.07. The van der Waals surface area contributed by atoms with Crippen LogP contribution in [0.1, 0.15) is 6.92 Å². The summed E-state index contributed by atoms with van der Waals surface area (Å²) in [6.07, 6.45) is 4.95. The number of fused-ring (bicyclic) bond motifs is 1. The van der Waals surface area contributed by atoms with Gasteiger partial charge in [0.15, 0.2) is 16.5 Å². The number of carbonyl (C=O) groups excluding carboxylic acids is 2. The van der Waals surface area contributed by atoms with E-state index in [4.69, 9.17) is 4.74 Å². The number of anilines is 2. The standard InChI is InChI=1S/C30H26F3N5O5S/c1-18(39)6-9-27(40)37-10-12-38(13-11-37)28-21-14-19(7-8-25(21)34-17-24(28)33)20-15-26(30(43-2)35-16-20)36-44(41,42)29-22(31)4-3-5-23(29)32/h3-9,14-17,36H,10-13H2,1-2H3. The van der Waals surface area contributed by atoms with Crippen LogP contribution in [0.5, 0.6) is 5.88 Å². The first-order valence-electron chi connectivity index (χ1n) is 13.3. The molecule has 1 N–H and O–H groups in total. The van der Waals surface area contributed by atoms with Crippen LogP contribution in [-0.2, 0) is 19.6 Å². The topological polar surface area (TPSA) is 122 Å². The van der Waals surface area contributed by atoms with Crippen molar-refractivity contribution in [3.63, 3.8) is 0 Å². The average Bonchev–Trinajstić information content (AvgIpc) is 2.99. The second kappa shape index (κ2) is 12.3. The number of ether oxygens (including phenoxy) is 1. The fraction of sp³-hybridized carbons (Fsp3) is 0.200. The molecule has 4 aromatic rings. The number of hydrogen-bond acceptors (Lipinski definition) is 8. The van der Waals surface area contributed by atoms with E-state index in [9.17, 15) is 26.8 Å². The number of carbonyl (C=O) groups is 2. The number of sulfonamides is 1. The molecule has 228 valence electrons. The van der Waals surface area contributed by atoms with Crippen LogP contribution in [0.25, 0.3) is 22.0 Å². The van der Waals surface area contributed by atoms with Crippen molar-refractivity contribution >= 4 is 44.0 Å². The van der Waals surface area contributed by atoms with Crippen LogP contribution >= 0.6 is 0 Å². The van der Waals surface area contributed by atoms with Gasteiger partial charge < -0.3 is 14.5 Å². The Hall–Kier alpha value is -4.98. The number of nitrogens with one attached hydrogen (secondary N) is 1. The van der Waals surface area contributed by atoms with Gasteiger partial charge in [0, 0.05) is 49.4 Å². The quantitative estimate of drug-likeness (QED) is 0.288. The Morgan fingerprint density at radius 3 is 2.27 bits per heavy atom. The summed E-state index contributed by atoms with van der Waals surface area (Å²) < 4.78 is 77.1. The van der Waals surface area contributed by atoms with Crippen molar-refractivity contribution in [2.45, 2.75) is 11.8 Å². The van der Waals surface area contributed by atoms with Crippen molar-refractivity contribution in [2.24, 2.45) is 0 Å². The van der Waals surface area contributed by atoms with Crippen LogP contribution in [0.2, 0.25) is 0 Å². The minimum absolute atomic E-state index is 0.145. The number of allylic oxidation sites excluding steroid dienone is 1. The lowest BCUT2D eigenvalue weighted by Crippen LogP contribution is -2.48. The molecular weight excluding hydrogens is 599 g/mol. The summed E-state index contributed by atoms with van der Waals surface area (Å²) in [4.78, 5) is 34.1. The Kier molecular flexibility index (Phi) is 8.54. The maximum absolute atomic E-state index is 15.3. The maximum atomic E-state index is 15.3. The van der Waals surface area contributed by atoms with Gasteiger partial charge in [-0.3, -0.25) is 19.3 Å². The fourth-order valence-electron chi connectivity index (χ4n) is 4.88. The van der Waals surface area contributed by atoms with Crippen molar-refractivity contribution in [3.8, 4) is 17.0 Å². The minimum atomic E-state index is -4.72. The lowest BCUT2D eigenvalue weighted by molar-refractivity contribution is -0.126. The normalized spacial score (nSPS) is 13.8. The zero-order valence-corrected chi connectivity index (χ0v) is 24.4. The van der Waals surface area contributed by atoms with E-state index >= 15 is 4.39 Å². The molecule has 10 nitrogen and oxygen atoms in total. The Labute approximate surface area is 250 Å². The molecule has 14 heteroatoms. The average molecular weight is 626 g/mol. The van der Waals surface area contributed by atoms with Gasteiger partial charge in [-0.1, -0.05) is 12.1 Å². The van der Waals surface area contributed by atoms with Crippen LogP contribution in [-0.4, -0.2) is 68.3 Å². The first-order chi connectivity index (χ1) is 21.0. The molecule has 0 radical (unpaired) electrons. The van der Waals surface area contributed by atoms with Gasteiger partial charge in [-0.25, -0.2) is 26.6 Å². The zero-order chi connectivity index (χ0) is 31.6. The van der Waals surface area contributed by atoms with E-state index in [0.29, 0.717) is 48.2 Å². The number of rotatable bonds is 8. The number of piperazine rings is 1. The van der Waals surface area contributed by atoms with Gasteiger partial charge in [-0.05, 0) is 48.9 Å². The van der Waals surface area contributed by atoms with E-state index in [2.05, 4.69) is 14.7 Å². The Morgan fingerprint density at radius 1 is 0.909 bits per heavy atom. The maximum Gasteiger partial charge on any atom is 0.267 e. The molecule has 5 rings (SSSR count). The van der Waals surface area contributed by atoms with Gasteiger partial charge in [0.25, 0.3) is 10.0 Å². The van der Waals surface area contributed by atoms with Gasteiger partial charge in [0.2, 0.25) is 11.8 Å². The summed E-state index contributed by atoms with van der Waals surface area (Å²) in [5.41, 5.74) is 1.50. The third kappa shape index (κ3) is 6.20. The zero-order valence-electron chi connectivity index (χ0n) is 23.6. The Balaban J connectivity index is 1.48. The lowest BCUT2D eigenvalue weighted by atomic mass is 10.0. The van der Waals surface area contributed by atoms with E-state index in [0.717, 1.165) is 24.4 Å². The molecule has 1 fully saturated rings. The monoisotopic (exact) mass is 625 g/mol. The smallest absolute Gasteiger partial charge is 0.267 e. The Bertz CT molecular complexity index is 1890. The molecule has 1 amide bonds. The van der Waals surface area contributed by atoms with Gasteiger partial charge in [-0.15, -0.1) is 0 Å². The third-order valence-corrected chi connectivity index (χ3v) is 8.39. The predicted molar refractivity (Wildman–Crippen MR) is 157 cm³/mol. The van der Waals surface area contributed by atoms with E-state index < -0.39 is 32.4 Å². The molecule has 0 aliphatic carbocycles.